The van der Waals surface area contributed by atoms with Gasteiger partial charge in [-0.05, 0) is 54.9 Å². The fraction of sp³-hybridized carbons (Fsp3) is 0.353. The average Bonchev–Trinajstić information content (AvgIpc) is 2.40. The van der Waals surface area contributed by atoms with Gasteiger partial charge in [0.15, 0.2) is 0 Å². The smallest absolute Gasteiger partial charge is 0.0469 e. The number of aryl methyl sites for hydroxylation is 1. The van der Waals surface area contributed by atoms with Crippen LogP contribution in [0.15, 0.2) is 36.5 Å². The highest BCUT2D eigenvalue weighted by molar-refractivity contribution is 5.68. The molecule has 1 heteroatoms. The van der Waals surface area contributed by atoms with E-state index in [1.54, 1.807) is 0 Å². The molecule has 1 aromatic heterocycles. The van der Waals surface area contributed by atoms with Crippen molar-refractivity contribution < 1.29 is 0 Å². The van der Waals surface area contributed by atoms with Crippen LogP contribution in [0.25, 0.3) is 11.1 Å². The fourth-order valence-corrected chi connectivity index (χ4v) is 2.92. The summed E-state index contributed by atoms with van der Waals surface area (Å²) < 4.78 is 0. The van der Waals surface area contributed by atoms with Gasteiger partial charge in [0.2, 0.25) is 0 Å². The molecule has 1 aromatic carbocycles. The molecule has 0 spiro atoms. The normalized spacial score (nSPS) is 18.4. The van der Waals surface area contributed by atoms with Gasteiger partial charge in [-0.2, -0.15) is 0 Å². The highest BCUT2D eigenvalue weighted by Crippen LogP contribution is 2.35. The Morgan fingerprint density at radius 1 is 1.11 bits per heavy atom. The lowest BCUT2D eigenvalue weighted by atomic mass is 9.84. The molecule has 3 rings (SSSR count). The van der Waals surface area contributed by atoms with Crippen LogP contribution < -0.4 is 0 Å². The van der Waals surface area contributed by atoms with Crippen LogP contribution in [0.4, 0.5) is 0 Å². The molecule has 0 fully saturated rings. The van der Waals surface area contributed by atoms with E-state index in [0.29, 0.717) is 5.92 Å². The Bertz CT molecular complexity index is 554. The summed E-state index contributed by atoms with van der Waals surface area (Å²) in [5.41, 5.74) is 6.81. The van der Waals surface area contributed by atoms with E-state index in [0.717, 1.165) is 0 Å². The summed E-state index contributed by atoms with van der Waals surface area (Å²) in [6.45, 7) is 4.43. The molecule has 0 amide bonds. The van der Waals surface area contributed by atoms with Crippen LogP contribution in [0.1, 0.15) is 42.5 Å². The number of benzene rings is 1. The molecule has 0 radical (unpaired) electrons. The molecule has 0 bridgehead atoms. The highest BCUT2D eigenvalue weighted by atomic mass is 14.7. The summed E-state index contributed by atoms with van der Waals surface area (Å²) in [6.07, 6.45) is 5.71. The fourth-order valence-electron chi connectivity index (χ4n) is 2.92. The maximum Gasteiger partial charge on any atom is 0.0469 e. The van der Waals surface area contributed by atoms with Crippen LogP contribution in [0.3, 0.4) is 0 Å². The summed E-state index contributed by atoms with van der Waals surface area (Å²) in [5.74, 6) is 0.610. The van der Waals surface area contributed by atoms with E-state index in [4.69, 9.17) is 0 Å². The first-order valence-corrected chi connectivity index (χ1v) is 6.80. The zero-order valence-electron chi connectivity index (χ0n) is 11.1. The van der Waals surface area contributed by atoms with E-state index in [-0.39, 0.29) is 0 Å². The van der Waals surface area contributed by atoms with Gasteiger partial charge < -0.3 is 0 Å². The second-order valence-corrected chi connectivity index (χ2v) is 5.38. The standard InChI is InChI=1S/C17H19N/c1-12-6-8-14(9-7-12)15-10-11-18-17-13(2)4-3-5-16(15)17/h6-11,13H,3-5H2,1-2H3. The quantitative estimate of drug-likeness (QED) is 0.711. The van der Waals surface area contributed by atoms with E-state index < -0.39 is 0 Å². The van der Waals surface area contributed by atoms with Gasteiger partial charge in [0.25, 0.3) is 0 Å². The molecule has 2 aromatic rings. The zero-order valence-corrected chi connectivity index (χ0v) is 11.1. The minimum Gasteiger partial charge on any atom is -0.261 e. The second-order valence-electron chi connectivity index (χ2n) is 5.38. The van der Waals surface area contributed by atoms with E-state index in [9.17, 15) is 0 Å². The van der Waals surface area contributed by atoms with Crippen molar-refractivity contribution in [3.8, 4) is 11.1 Å². The molecule has 1 atom stereocenters. The molecular weight excluding hydrogens is 218 g/mol. The number of aromatic nitrogens is 1. The number of hydrogen-bond acceptors (Lipinski definition) is 1. The maximum absolute atomic E-state index is 4.60. The number of hydrogen-bond donors (Lipinski definition) is 0. The summed E-state index contributed by atoms with van der Waals surface area (Å²) in [5, 5.41) is 0. The highest BCUT2D eigenvalue weighted by Gasteiger charge is 2.20. The van der Waals surface area contributed by atoms with Gasteiger partial charge in [-0.25, -0.2) is 0 Å². The molecule has 1 unspecified atom stereocenters. The van der Waals surface area contributed by atoms with Crippen LogP contribution in [0.2, 0.25) is 0 Å². The van der Waals surface area contributed by atoms with Crippen molar-refractivity contribution in [1.82, 2.24) is 4.98 Å². The first kappa shape index (κ1) is 11.5. The van der Waals surface area contributed by atoms with E-state index in [2.05, 4.69) is 49.2 Å². The number of rotatable bonds is 1. The third kappa shape index (κ3) is 1.94. The number of pyridine rings is 1. The van der Waals surface area contributed by atoms with Crippen molar-refractivity contribution in [3.63, 3.8) is 0 Å². The van der Waals surface area contributed by atoms with Crippen LogP contribution in [-0.4, -0.2) is 4.98 Å². The first-order valence-electron chi connectivity index (χ1n) is 6.80. The van der Waals surface area contributed by atoms with Gasteiger partial charge in [0.05, 0.1) is 0 Å². The van der Waals surface area contributed by atoms with Crippen molar-refractivity contribution >= 4 is 0 Å². The van der Waals surface area contributed by atoms with Gasteiger partial charge in [0, 0.05) is 11.9 Å². The Balaban J connectivity index is 2.12. The predicted octanol–water partition coefficient (Wildman–Crippen LogP) is 4.50. The molecule has 0 saturated heterocycles. The third-order valence-electron chi connectivity index (χ3n) is 3.98. The van der Waals surface area contributed by atoms with E-state index >= 15 is 0 Å². The van der Waals surface area contributed by atoms with E-state index in [1.807, 2.05) is 6.20 Å². The van der Waals surface area contributed by atoms with Crippen molar-refractivity contribution in [2.75, 3.05) is 0 Å². The molecule has 1 aliphatic rings. The van der Waals surface area contributed by atoms with Gasteiger partial charge in [-0.15, -0.1) is 0 Å². The maximum atomic E-state index is 4.60. The largest absolute Gasteiger partial charge is 0.261 e. The van der Waals surface area contributed by atoms with Crippen LogP contribution in [0, 0.1) is 6.92 Å². The third-order valence-corrected chi connectivity index (χ3v) is 3.98. The Labute approximate surface area is 109 Å². The van der Waals surface area contributed by atoms with Gasteiger partial charge in [0.1, 0.15) is 0 Å². The molecule has 0 saturated carbocycles. The van der Waals surface area contributed by atoms with E-state index in [1.165, 1.54) is 47.2 Å². The molecule has 92 valence electrons. The van der Waals surface area contributed by atoms with Crippen molar-refractivity contribution in [2.24, 2.45) is 0 Å². The minimum atomic E-state index is 0.610. The Morgan fingerprint density at radius 2 is 1.89 bits per heavy atom. The SMILES string of the molecule is Cc1ccc(-c2ccnc3c2CCCC3C)cc1. The summed E-state index contributed by atoms with van der Waals surface area (Å²) in [4.78, 5) is 4.60. The minimum absolute atomic E-state index is 0.610. The molecule has 18 heavy (non-hydrogen) atoms. The van der Waals surface area contributed by atoms with Crippen LogP contribution in [-0.2, 0) is 6.42 Å². The lowest BCUT2D eigenvalue weighted by Crippen LogP contribution is -2.10. The number of nitrogens with zero attached hydrogens (tertiary/aromatic N) is 1. The van der Waals surface area contributed by atoms with Crippen LogP contribution >= 0.6 is 0 Å². The molecular formula is C17H19N. The van der Waals surface area contributed by atoms with Crippen molar-refractivity contribution in [3.05, 3.63) is 53.3 Å². The van der Waals surface area contributed by atoms with Crippen LogP contribution in [0.5, 0.6) is 0 Å². The molecule has 1 heterocycles. The van der Waals surface area contributed by atoms with Gasteiger partial charge in [-0.1, -0.05) is 36.8 Å². The summed E-state index contributed by atoms with van der Waals surface area (Å²) in [6, 6.07) is 11.0. The van der Waals surface area contributed by atoms with Crippen molar-refractivity contribution in [2.45, 2.75) is 39.0 Å². The topological polar surface area (TPSA) is 12.9 Å². The van der Waals surface area contributed by atoms with Gasteiger partial charge >= 0.3 is 0 Å². The first-order chi connectivity index (χ1) is 8.75. The lowest BCUT2D eigenvalue weighted by molar-refractivity contribution is 0.574. The predicted molar refractivity (Wildman–Crippen MR) is 75.8 cm³/mol. The Morgan fingerprint density at radius 3 is 2.67 bits per heavy atom. The second kappa shape index (κ2) is 4.56. The average molecular weight is 237 g/mol. The molecule has 1 nitrogen and oxygen atoms in total. The summed E-state index contributed by atoms with van der Waals surface area (Å²) in [7, 11) is 0. The molecule has 0 N–H and O–H groups in total. The lowest BCUT2D eigenvalue weighted by Gasteiger charge is -2.23. The summed E-state index contributed by atoms with van der Waals surface area (Å²) >= 11 is 0. The number of fused-ring (bicyclic) bond motifs is 1. The zero-order chi connectivity index (χ0) is 12.5. The Hall–Kier alpha value is -1.63. The Kier molecular flexibility index (Phi) is 2.91. The van der Waals surface area contributed by atoms with Crippen molar-refractivity contribution in [1.29, 1.82) is 0 Å². The monoisotopic (exact) mass is 237 g/mol. The van der Waals surface area contributed by atoms with Gasteiger partial charge in [-0.3, -0.25) is 4.98 Å². The molecule has 0 aliphatic heterocycles. The molecule has 1 aliphatic carbocycles.